The van der Waals surface area contributed by atoms with Gasteiger partial charge in [-0.05, 0) is 57.8 Å². The molecule has 1 unspecified atom stereocenters. The Morgan fingerprint density at radius 2 is 2.07 bits per heavy atom. The Bertz CT molecular complexity index is 660. The van der Waals surface area contributed by atoms with Crippen molar-refractivity contribution in [3.63, 3.8) is 0 Å². The molecule has 0 saturated carbocycles. The third-order valence-electron chi connectivity index (χ3n) is 4.57. The van der Waals surface area contributed by atoms with E-state index < -0.39 is 17.5 Å². The molecule has 164 valence electrons. The van der Waals surface area contributed by atoms with Gasteiger partial charge in [0.1, 0.15) is 6.61 Å². The second kappa shape index (κ2) is 11.7. The van der Waals surface area contributed by atoms with Crippen molar-refractivity contribution in [1.29, 1.82) is 0 Å². The highest BCUT2D eigenvalue weighted by Crippen LogP contribution is 2.29. The first-order valence-corrected chi connectivity index (χ1v) is 9.58. The lowest BCUT2D eigenvalue weighted by atomic mass is 9.83. The van der Waals surface area contributed by atoms with Crippen molar-refractivity contribution < 1.29 is 28.9 Å². The molecule has 0 radical (unpaired) electrons. The molecule has 5 N–H and O–H groups in total. The molecule has 9 heteroatoms. The first kappa shape index (κ1) is 24.8. The lowest BCUT2D eigenvalue weighted by molar-refractivity contribution is -0.116. The number of nitrogens with one attached hydrogen (secondary N) is 1. The van der Waals surface area contributed by atoms with Gasteiger partial charge in [-0.1, -0.05) is 0 Å². The van der Waals surface area contributed by atoms with E-state index in [0.717, 1.165) is 25.9 Å². The summed E-state index contributed by atoms with van der Waals surface area (Å²) in [5.74, 6) is -0.815. The average molecular weight is 413 g/mol. The minimum atomic E-state index is -1.03. The number of nitrogens with zero attached hydrogens (tertiary/aromatic N) is 1. The number of aliphatic hydroxyl groups excluding tert-OH is 1. The van der Waals surface area contributed by atoms with Crippen LogP contribution in [0.5, 0.6) is 5.75 Å². The van der Waals surface area contributed by atoms with E-state index in [1.807, 2.05) is 0 Å². The van der Waals surface area contributed by atoms with E-state index in [1.54, 1.807) is 19.9 Å². The number of halogens is 1. The quantitative estimate of drug-likeness (QED) is 0.467. The number of rotatable bonds is 8. The molecule has 1 saturated heterocycles. The Morgan fingerprint density at radius 1 is 1.48 bits per heavy atom. The zero-order valence-electron chi connectivity index (χ0n) is 17.2. The molecule has 0 spiro atoms. The average Bonchev–Trinajstić information content (AvgIpc) is 2.65. The summed E-state index contributed by atoms with van der Waals surface area (Å²) in [7, 11) is 0. The van der Waals surface area contributed by atoms with Crippen LogP contribution in [0, 0.1) is 11.7 Å². The predicted octanol–water partition coefficient (Wildman–Crippen LogP) is 0.790. The van der Waals surface area contributed by atoms with Gasteiger partial charge in [0.25, 0.3) is 0 Å². The van der Waals surface area contributed by atoms with E-state index in [9.17, 15) is 24.2 Å². The molecule has 2 rings (SSSR count). The molecule has 8 nitrogen and oxygen atoms in total. The van der Waals surface area contributed by atoms with Crippen molar-refractivity contribution in [2.75, 3.05) is 31.1 Å². The highest BCUT2D eigenvalue weighted by Gasteiger charge is 2.33. The van der Waals surface area contributed by atoms with Crippen LogP contribution < -0.4 is 20.7 Å². The molecule has 1 heterocycles. The monoisotopic (exact) mass is 413 g/mol. The van der Waals surface area contributed by atoms with E-state index in [1.165, 1.54) is 24.0 Å². The Balaban J connectivity index is 0.000000960. The van der Waals surface area contributed by atoms with Crippen LogP contribution in [-0.2, 0) is 9.59 Å². The number of piperidine rings is 1. The smallest absolute Gasteiger partial charge is 0.214 e. The molecular formula is C20H32FN3O5. The molecule has 1 aliphatic heterocycles. The summed E-state index contributed by atoms with van der Waals surface area (Å²) in [6.45, 7) is 6.36. The van der Waals surface area contributed by atoms with E-state index >= 15 is 0 Å². The zero-order valence-corrected chi connectivity index (χ0v) is 17.2. The van der Waals surface area contributed by atoms with Crippen LogP contribution >= 0.6 is 0 Å². The maximum atomic E-state index is 14.3. The van der Waals surface area contributed by atoms with E-state index in [2.05, 4.69) is 11.1 Å². The number of aliphatic hydroxyl groups is 2. The van der Waals surface area contributed by atoms with Crippen LogP contribution in [0.2, 0.25) is 0 Å². The number of nitrogens with two attached hydrogens (primary N) is 1. The van der Waals surface area contributed by atoms with Gasteiger partial charge in [0.05, 0.1) is 18.2 Å². The fourth-order valence-corrected chi connectivity index (χ4v) is 3.06. The van der Waals surface area contributed by atoms with Gasteiger partial charge < -0.3 is 30.9 Å². The van der Waals surface area contributed by atoms with E-state index in [-0.39, 0.29) is 30.7 Å². The highest BCUT2D eigenvalue weighted by atomic mass is 19.1. The molecule has 0 bridgehead atoms. The Hall–Kier alpha value is -2.23. The summed E-state index contributed by atoms with van der Waals surface area (Å²) < 4.78 is 19.8. The molecule has 1 aromatic rings. The molecule has 1 aliphatic rings. The number of carbonyl (C=O) groups is 2. The summed E-state index contributed by atoms with van der Waals surface area (Å²) in [4.78, 5) is 21.5. The number of carbonyl (C=O) groups excluding carboxylic acids is 2. The predicted molar refractivity (Wildman–Crippen MR) is 108 cm³/mol. The normalized spacial score (nSPS) is 17.3. The van der Waals surface area contributed by atoms with Gasteiger partial charge in [-0.25, -0.2) is 4.39 Å². The van der Waals surface area contributed by atoms with E-state index in [0.29, 0.717) is 12.1 Å². The molecule has 29 heavy (non-hydrogen) atoms. The first-order chi connectivity index (χ1) is 13.6. The molecule has 0 aromatic heterocycles. The van der Waals surface area contributed by atoms with Gasteiger partial charge in [0.15, 0.2) is 11.6 Å². The number of hydrogen-bond donors (Lipinski definition) is 4. The van der Waals surface area contributed by atoms with Crippen LogP contribution in [0.4, 0.5) is 10.1 Å². The summed E-state index contributed by atoms with van der Waals surface area (Å²) in [6.07, 6.45) is 1.53. The maximum absolute atomic E-state index is 14.3. The van der Waals surface area contributed by atoms with Gasteiger partial charge in [-0.3, -0.25) is 9.59 Å². The van der Waals surface area contributed by atoms with Crippen LogP contribution in [0.3, 0.4) is 0 Å². The molecule has 2 atom stereocenters. The fourth-order valence-electron chi connectivity index (χ4n) is 3.06. The standard InChI is InChI=1S/C18H27FN2O4.C2H5NO/c1-13(23)10-21(12-22)15-3-4-17(16(19)9-15)25-11-18(2,24)14-5-7-20-8-6-14;1-2(3)4/h3-4,9,12-14,20,23-24H,5-8,10-11H2,1-2H3;1H3,(H2,3,4)/t13-,18?;/m0./s1. The lowest BCUT2D eigenvalue weighted by Gasteiger charge is -2.35. The number of amides is 2. The third-order valence-corrected chi connectivity index (χ3v) is 4.57. The maximum Gasteiger partial charge on any atom is 0.214 e. The van der Waals surface area contributed by atoms with Crippen molar-refractivity contribution in [1.82, 2.24) is 5.32 Å². The van der Waals surface area contributed by atoms with E-state index in [4.69, 9.17) is 4.74 Å². The summed E-state index contributed by atoms with van der Waals surface area (Å²) in [6, 6.07) is 4.17. The van der Waals surface area contributed by atoms with Crippen LogP contribution in [-0.4, -0.2) is 60.5 Å². The van der Waals surface area contributed by atoms with Crippen LogP contribution in [0.25, 0.3) is 0 Å². The Labute approximate surface area is 170 Å². The van der Waals surface area contributed by atoms with Crippen molar-refractivity contribution in [2.45, 2.75) is 45.3 Å². The zero-order chi connectivity index (χ0) is 22.0. The SMILES string of the molecule is CC(N)=O.C[C@H](O)CN(C=O)c1ccc(OCC(C)(O)C2CCNCC2)c(F)c1. The van der Waals surface area contributed by atoms with Gasteiger partial charge in [-0.2, -0.15) is 0 Å². The van der Waals surface area contributed by atoms with Crippen molar-refractivity contribution in [3.8, 4) is 5.75 Å². The van der Waals surface area contributed by atoms with Gasteiger partial charge >= 0.3 is 0 Å². The molecular weight excluding hydrogens is 381 g/mol. The Kier molecular flexibility index (Phi) is 10.0. The molecule has 0 aliphatic carbocycles. The second-order valence-corrected chi connectivity index (χ2v) is 7.50. The van der Waals surface area contributed by atoms with Crippen LogP contribution in [0.15, 0.2) is 18.2 Å². The number of hydrogen-bond acceptors (Lipinski definition) is 6. The lowest BCUT2D eigenvalue weighted by Crippen LogP contribution is -2.45. The summed E-state index contributed by atoms with van der Waals surface area (Å²) >= 11 is 0. The first-order valence-electron chi connectivity index (χ1n) is 9.58. The minimum Gasteiger partial charge on any atom is -0.488 e. The second-order valence-electron chi connectivity index (χ2n) is 7.50. The number of primary amides is 1. The fraction of sp³-hybridized carbons (Fsp3) is 0.600. The topological polar surface area (TPSA) is 125 Å². The van der Waals surface area contributed by atoms with Gasteiger partial charge in [-0.15, -0.1) is 0 Å². The largest absolute Gasteiger partial charge is 0.488 e. The van der Waals surface area contributed by atoms with Crippen molar-refractivity contribution in [2.24, 2.45) is 11.7 Å². The third kappa shape index (κ3) is 8.76. The number of ether oxygens (including phenoxy) is 1. The summed E-state index contributed by atoms with van der Waals surface area (Å²) in [5.41, 5.74) is 3.78. The molecule has 1 fully saturated rings. The van der Waals surface area contributed by atoms with Crippen molar-refractivity contribution in [3.05, 3.63) is 24.0 Å². The Morgan fingerprint density at radius 3 is 2.55 bits per heavy atom. The number of benzene rings is 1. The van der Waals surface area contributed by atoms with Crippen molar-refractivity contribution >= 4 is 18.0 Å². The molecule has 1 aromatic carbocycles. The van der Waals surface area contributed by atoms with Crippen LogP contribution in [0.1, 0.15) is 33.6 Å². The minimum absolute atomic E-state index is 0.000990. The number of anilines is 1. The highest BCUT2D eigenvalue weighted by molar-refractivity contribution is 5.75. The molecule has 2 amide bonds. The van der Waals surface area contributed by atoms with Gasteiger partial charge in [0, 0.05) is 18.7 Å². The van der Waals surface area contributed by atoms with Gasteiger partial charge in [0.2, 0.25) is 12.3 Å². The summed E-state index contributed by atoms with van der Waals surface area (Å²) in [5, 5.41) is 23.2.